The third kappa shape index (κ3) is 4.69. The van der Waals surface area contributed by atoms with Crippen LogP contribution in [0.2, 0.25) is 0 Å². The van der Waals surface area contributed by atoms with Gasteiger partial charge in [-0.25, -0.2) is 4.98 Å². The van der Waals surface area contributed by atoms with Crippen molar-refractivity contribution in [2.45, 2.75) is 25.0 Å². The first-order chi connectivity index (χ1) is 10.9. The molecule has 2 heterocycles. The van der Waals surface area contributed by atoms with Gasteiger partial charge in [-0.2, -0.15) is 9.97 Å². The number of hydrogen-bond donors (Lipinski definition) is 4. The summed E-state index contributed by atoms with van der Waals surface area (Å²) in [5.41, 5.74) is 0. The molecule has 0 saturated carbocycles. The van der Waals surface area contributed by atoms with E-state index in [1.54, 1.807) is 6.20 Å². The molecule has 4 N–H and O–H groups in total. The molecule has 0 aliphatic heterocycles. The number of aromatic nitrogens is 5. The van der Waals surface area contributed by atoms with E-state index in [1.807, 2.05) is 13.8 Å². The molecule has 0 saturated heterocycles. The first kappa shape index (κ1) is 17.8. The van der Waals surface area contributed by atoms with Crippen molar-refractivity contribution in [2.75, 3.05) is 23.5 Å². The second kappa shape index (κ2) is 7.79. The normalized spacial score (nSPS) is 13.8. The van der Waals surface area contributed by atoms with Crippen molar-refractivity contribution in [2.24, 2.45) is 5.92 Å². The van der Waals surface area contributed by atoms with Crippen LogP contribution in [0.1, 0.15) is 13.8 Å². The van der Waals surface area contributed by atoms with Gasteiger partial charge in [0, 0.05) is 12.5 Å². The van der Waals surface area contributed by atoms with Crippen LogP contribution in [0.25, 0.3) is 0 Å². The molecule has 2 atom stereocenters. The molecule has 0 aromatic carbocycles. The van der Waals surface area contributed by atoms with E-state index in [0.29, 0.717) is 10.3 Å². The zero-order valence-corrected chi connectivity index (χ0v) is 15.3. The first-order valence-electron chi connectivity index (χ1n) is 6.83. The maximum absolute atomic E-state index is 11.3. The molecule has 0 spiro atoms. The summed E-state index contributed by atoms with van der Waals surface area (Å²) in [6.07, 6.45) is 3.08. The summed E-state index contributed by atoms with van der Waals surface area (Å²) in [5, 5.41) is 22.1. The van der Waals surface area contributed by atoms with Crippen molar-refractivity contribution in [3.8, 4) is 0 Å². The average molecular weight is 404 g/mol. The molecule has 9 nitrogen and oxygen atoms in total. The SMILES string of the molecule is CC(C)C(CO)Nc1nc(Nc2n[nH]c([S@@](C)=O)n2)ncc1Br. The van der Waals surface area contributed by atoms with E-state index in [1.165, 1.54) is 6.26 Å². The number of aromatic amines is 1. The largest absolute Gasteiger partial charge is 0.394 e. The number of H-pyrrole nitrogens is 1. The van der Waals surface area contributed by atoms with Gasteiger partial charge in [0.15, 0.2) is 0 Å². The van der Waals surface area contributed by atoms with E-state index < -0.39 is 10.8 Å². The molecule has 2 rings (SSSR count). The Balaban J connectivity index is 2.17. The molecule has 0 amide bonds. The van der Waals surface area contributed by atoms with Crippen LogP contribution in [-0.2, 0) is 10.8 Å². The predicted molar refractivity (Wildman–Crippen MR) is 91.1 cm³/mol. The molecule has 2 aromatic heterocycles. The van der Waals surface area contributed by atoms with Crippen LogP contribution in [0.4, 0.5) is 17.7 Å². The van der Waals surface area contributed by atoms with Crippen LogP contribution in [0.3, 0.4) is 0 Å². The molecular weight excluding hydrogens is 386 g/mol. The molecule has 0 bridgehead atoms. The summed E-state index contributed by atoms with van der Waals surface area (Å²) < 4.78 is 12.0. The minimum Gasteiger partial charge on any atom is -0.394 e. The van der Waals surface area contributed by atoms with Crippen LogP contribution in [0.15, 0.2) is 15.8 Å². The molecule has 2 aromatic rings. The van der Waals surface area contributed by atoms with Crippen molar-refractivity contribution in [3.05, 3.63) is 10.7 Å². The van der Waals surface area contributed by atoms with E-state index in [4.69, 9.17) is 0 Å². The highest BCUT2D eigenvalue weighted by Gasteiger charge is 2.15. The molecule has 0 radical (unpaired) electrons. The molecule has 11 heteroatoms. The van der Waals surface area contributed by atoms with E-state index in [9.17, 15) is 9.32 Å². The topological polar surface area (TPSA) is 129 Å². The second-order valence-corrected chi connectivity index (χ2v) is 7.26. The molecule has 23 heavy (non-hydrogen) atoms. The van der Waals surface area contributed by atoms with Gasteiger partial charge in [0.05, 0.1) is 27.9 Å². The monoisotopic (exact) mass is 403 g/mol. The Morgan fingerprint density at radius 2 is 2.13 bits per heavy atom. The fourth-order valence-electron chi connectivity index (χ4n) is 1.66. The van der Waals surface area contributed by atoms with Crippen LogP contribution < -0.4 is 10.6 Å². The maximum Gasteiger partial charge on any atom is 0.249 e. The van der Waals surface area contributed by atoms with Crippen molar-refractivity contribution >= 4 is 44.4 Å². The van der Waals surface area contributed by atoms with Gasteiger partial charge in [-0.15, -0.1) is 5.10 Å². The smallest absolute Gasteiger partial charge is 0.249 e. The van der Waals surface area contributed by atoms with Crippen molar-refractivity contribution in [3.63, 3.8) is 0 Å². The van der Waals surface area contributed by atoms with Crippen molar-refractivity contribution in [1.82, 2.24) is 25.1 Å². The van der Waals surface area contributed by atoms with Gasteiger partial charge >= 0.3 is 0 Å². The minimum absolute atomic E-state index is 0.0104. The number of rotatable bonds is 7. The third-order valence-electron chi connectivity index (χ3n) is 3.03. The lowest BCUT2D eigenvalue weighted by atomic mass is 10.1. The summed E-state index contributed by atoms with van der Waals surface area (Å²) >= 11 is 3.37. The van der Waals surface area contributed by atoms with E-state index in [0.717, 1.165) is 0 Å². The van der Waals surface area contributed by atoms with Crippen molar-refractivity contribution < 1.29 is 9.32 Å². The van der Waals surface area contributed by atoms with E-state index in [2.05, 4.69) is 51.7 Å². The Kier molecular flexibility index (Phi) is 6.02. The van der Waals surface area contributed by atoms with Crippen LogP contribution in [-0.4, -0.2) is 53.4 Å². The van der Waals surface area contributed by atoms with Gasteiger partial charge in [-0.1, -0.05) is 13.8 Å². The summed E-state index contributed by atoms with van der Waals surface area (Å²) in [6.45, 7) is 3.99. The summed E-state index contributed by atoms with van der Waals surface area (Å²) in [5.74, 6) is 1.29. The summed E-state index contributed by atoms with van der Waals surface area (Å²) in [7, 11) is -1.25. The second-order valence-electron chi connectivity index (χ2n) is 5.11. The standard InChI is InChI=1S/C12H18BrN7O2S/c1-6(2)8(5-21)15-9-7(13)4-14-10(16-9)17-11-18-12(20-19-11)23(3)22/h4,6,8,21H,5H2,1-3H3,(H3,14,15,16,17,18,19,20)/t8?,23-/m1/s1. The summed E-state index contributed by atoms with van der Waals surface area (Å²) in [4.78, 5) is 12.5. The van der Waals surface area contributed by atoms with Gasteiger partial charge < -0.3 is 10.4 Å². The Bertz CT molecular complexity index is 694. The molecule has 0 fully saturated rings. The number of nitrogens with one attached hydrogen (secondary N) is 3. The lowest BCUT2D eigenvalue weighted by Gasteiger charge is -2.21. The lowest BCUT2D eigenvalue weighted by molar-refractivity contribution is 0.249. The maximum atomic E-state index is 11.3. The minimum atomic E-state index is -1.25. The molecule has 0 aliphatic carbocycles. The Morgan fingerprint density at radius 3 is 2.70 bits per heavy atom. The number of anilines is 3. The number of hydrogen-bond acceptors (Lipinski definition) is 8. The quantitative estimate of drug-likeness (QED) is 0.543. The molecule has 1 unspecified atom stereocenters. The number of halogens is 1. The van der Waals surface area contributed by atoms with Gasteiger partial charge in [-0.05, 0) is 21.8 Å². The lowest BCUT2D eigenvalue weighted by Crippen LogP contribution is -2.30. The van der Waals surface area contributed by atoms with Gasteiger partial charge in [0.1, 0.15) is 5.82 Å². The van der Waals surface area contributed by atoms with Gasteiger partial charge in [0.25, 0.3) is 0 Å². The van der Waals surface area contributed by atoms with Crippen molar-refractivity contribution in [1.29, 1.82) is 0 Å². The van der Waals surface area contributed by atoms with Crippen LogP contribution in [0, 0.1) is 5.92 Å². The number of aliphatic hydroxyl groups is 1. The fraction of sp³-hybridized carbons (Fsp3) is 0.500. The van der Waals surface area contributed by atoms with Gasteiger partial charge in [0.2, 0.25) is 17.1 Å². The van der Waals surface area contributed by atoms with Crippen LogP contribution in [0.5, 0.6) is 0 Å². The number of aliphatic hydroxyl groups excluding tert-OH is 1. The Labute approximate surface area is 144 Å². The Hall–Kier alpha value is -1.59. The zero-order valence-electron chi connectivity index (χ0n) is 12.9. The zero-order chi connectivity index (χ0) is 17.0. The summed E-state index contributed by atoms with van der Waals surface area (Å²) in [6, 6.07) is -0.133. The van der Waals surface area contributed by atoms with Crippen LogP contribution >= 0.6 is 15.9 Å². The third-order valence-corrected chi connectivity index (χ3v) is 4.34. The van der Waals surface area contributed by atoms with Gasteiger partial charge in [-0.3, -0.25) is 14.6 Å². The van der Waals surface area contributed by atoms with E-state index >= 15 is 0 Å². The molecule has 126 valence electrons. The molecule has 0 aliphatic rings. The number of nitrogens with zero attached hydrogens (tertiary/aromatic N) is 4. The highest BCUT2D eigenvalue weighted by atomic mass is 79.9. The predicted octanol–water partition coefficient (Wildman–Crippen LogP) is 1.27. The highest BCUT2D eigenvalue weighted by Crippen LogP contribution is 2.23. The fourth-order valence-corrected chi connectivity index (χ4v) is 2.35. The Morgan fingerprint density at radius 1 is 1.39 bits per heavy atom. The highest BCUT2D eigenvalue weighted by molar-refractivity contribution is 9.10. The molecular formula is C12H18BrN7O2S. The average Bonchev–Trinajstić information content (AvgIpc) is 2.96. The van der Waals surface area contributed by atoms with E-state index in [-0.39, 0.29) is 35.6 Å². The first-order valence-corrected chi connectivity index (χ1v) is 9.18.